The minimum absolute atomic E-state index is 0.0674. The number of hydrogen-bond donors (Lipinski definition) is 1. The van der Waals surface area contributed by atoms with Gasteiger partial charge in [-0.2, -0.15) is 0 Å². The normalized spacial score (nSPS) is 16.9. The van der Waals surface area contributed by atoms with Gasteiger partial charge in [-0.05, 0) is 17.7 Å². The van der Waals surface area contributed by atoms with Crippen LogP contribution in [0.15, 0.2) is 61.2 Å². The Balaban J connectivity index is 2.06. The standard InChI is InChI=1S/C18H17NO3/c1-2-10-19-15-9-8-13(12-20)11-16(15)22-17(18(19)21)14-6-4-3-5-7-14/h2-9,11,17,20H,1,10,12H2. The third-order valence-electron chi connectivity index (χ3n) is 3.65. The number of nitrogens with zero attached hydrogens (tertiary/aromatic N) is 1. The van der Waals surface area contributed by atoms with E-state index in [0.717, 1.165) is 11.1 Å². The van der Waals surface area contributed by atoms with E-state index in [0.29, 0.717) is 18.0 Å². The molecule has 2 aromatic rings. The maximum absolute atomic E-state index is 12.7. The Morgan fingerprint density at radius 3 is 2.68 bits per heavy atom. The monoisotopic (exact) mass is 295 g/mol. The van der Waals surface area contributed by atoms with Crippen LogP contribution in [-0.2, 0) is 11.4 Å². The van der Waals surface area contributed by atoms with Crippen molar-refractivity contribution in [1.82, 2.24) is 0 Å². The summed E-state index contributed by atoms with van der Waals surface area (Å²) in [5, 5.41) is 9.29. The summed E-state index contributed by atoms with van der Waals surface area (Å²) in [7, 11) is 0. The molecule has 0 aliphatic carbocycles. The van der Waals surface area contributed by atoms with Crippen LogP contribution in [0.5, 0.6) is 5.75 Å². The average molecular weight is 295 g/mol. The van der Waals surface area contributed by atoms with Crippen molar-refractivity contribution in [1.29, 1.82) is 0 Å². The van der Waals surface area contributed by atoms with Crippen molar-refractivity contribution in [2.45, 2.75) is 12.7 Å². The SMILES string of the molecule is C=CCN1C(=O)C(c2ccccc2)Oc2cc(CO)ccc21. The van der Waals surface area contributed by atoms with Gasteiger partial charge in [-0.1, -0.05) is 42.5 Å². The van der Waals surface area contributed by atoms with E-state index in [1.165, 1.54) is 0 Å². The molecule has 0 spiro atoms. The molecule has 4 nitrogen and oxygen atoms in total. The first-order valence-electron chi connectivity index (χ1n) is 7.12. The summed E-state index contributed by atoms with van der Waals surface area (Å²) in [6.07, 6.45) is 1.01. The quantitative estimate of drug-likeness (QED) is 0.882. The molecule has 1 aliphatic heterocycles. The maximum Gasteiger partial charge on any atom is 0.273 e. The van der Waals surface area contributed by atoms with Crippen molar-refractivity contribution >= 4 is 11.6 Å². The molecule has 1 amide bonds. The van der Waals surface area contributed by atoms with Crippen LogP contribution in [0.4, 0.5) is 5.69 Å². The van der Waals surface area contributed by atoms with Gasteiger partial charge in [0.05, 0.1) is 12.3 Å². The predicted molar refractivity (Wildman–Crippen MR) is 84.7 cm³/mol. The Morgan fingerprint density at radius 1 is 1.23 bits per heavy atom. The molecule has 0 fully saturated rings. The van der Waals surface area contributed by atoms with Crippen LogP contribution in [-0.4, -0.2) is 17.6 Å². The first-order chi connectivity index (χ1) is 10.7. The van der Waals surface area contributed by atoms with Gasteiger partial charge in [-0.3, -0.25) is 4.79 Å². The van der Waals surface area contributed by atoms with Crippen LogP contribution in [0.2, 0.25) is 0 Å². The van der Waals surface area contributed by atoms with E-state index >= 15 is 0 Å². The fourth-order valence-corrected chi connectivity index (χ4v) is 2.57. The maximum atomic E-state index is 12.7. The highest BCUT2D eigenvalue weighted by Crippen LogP contribution is 2.39. The number of fused-ring (bicyclic) bond motifs is 1. The largest absolute Gasteiger partial charge is 0.474 e. The Hall–Kier alpha value is -2.59. The van der Waals surface area contributed by atoms with Gasteiger partial charge in [0.2, 0.25) is 6.10 Å². The summed E-state index contributed by atoms with van der Waals surface area (Å²) < 4.78 is 5.91. The molecule has 0 aromatic heterocycles. The van der Waals surface area contributed by atoms with E-state index in [1.54, 1.807) is 29.2 Å². The molecule has 2 aromatic carbocycles. The summed E-state index contributed by atoms with van der Waals surface area (Å²) in [6, 6.07) is 14.7. The number of aliphatic hydroxyl groups is 1. The summed E-state index contributed by atoms with van der Waals surface area (Å²) in [6.45, 7) is 4.07. The van der Waals surface area contributed by atoms with Gasteiger partial charge in [0, 0.05) is 12.1 Å². The topological polar surface area (TPSA) is 49.8 Å². The number of carbonyl (C=O) groups is 1. The zero-order valence-corrected chi connectivity index (χ0v) is 12.1. The summed E-state index contributed by atoms with van der Waals surface area (Å²) in [5.41, 5.74) is 2.26. The number of hydrogen-bond acceptors (Lipinski definition) is 3. The lowest BCUT2D eigenvalue weighted by Gasteiger charge is -2.34. The second-order valence-corrected chi connectivity index (χ2v) is 5.11. The zero-order chi connectivity index (χ0) is 15.5. The van der Waals surface area contributed by atoms with E-state index in [-0.39, 0.29) is 12.5 Å². The van der Waals surface area contributed by atoms with Crippen LogP contribution in [0.3, 0.4) is 0 Å². The molecule has 0 saturated heterocycles. The fraction of sp³-hybridized carbons (Fsp3) is 0.167. The highest BCUT2D eigenvalue weighted by molar-refractivity contribution is 6.00. The third-order valence-corrected chi connectivity index (χ3v) is 3.65. The molecule has 0 saturated carbocycles. The van der Waals surface area contributed by atoms with E-state index in [2.05, 4.69) is 6.58 Å². The highest BCUT2D eigenvalue weighted by Gasteiger charge is 2.34. The lowest BCUT2D eigenvalue weighted by atomic mass is 10.0. The lowest BCUT2D eigenvalue weighted by Crippen LogP contribution is -2.41. The molecule has 1 atom stereocenters. The fourth-order valence-electron chi connectivity index (χ4n) is 2.57. The molecule has 0 bridgehead atoms. The zero-order valence-electron chi connectivity index (χ0n) is 12.1. The van der Waals surface area contributed by atoms with Gasteiger partial charge >= 0.3 is 0 Å². The Bertz CT molecular complexity index is 697. The van der Waals surface area contributed by atoms with Gasteiger partial charge in [0.25, 0.3) is 5.91 Å². The van der Waals surface area contributed by atoms with Crippen molar-refractivity contribution in [2.75, 3.05) is 11.4 Å². The number of amides is 1. The van der Waals surface area contributed by atoms with E-state index in [4.69, 9.17) is 4.74 Å². The minimum Gasteiger partial charge on any atom is -0.474 e. The molecule has 1 unspecified atom stereocenters. The number of ether oxygens (including phenoxy) is 1. The molecule has 112 valence electrons. The van der Waals surface area contributed by atoms with Gasteiger partial charge in [0.1, 0.15) is 5.75 Å². The van der Waals surface area contributed by atoms with Crippen LogP contribution in [0.25, 0.3) is 0 Å². The highest BCUT2D eigenvalue weighted by atomic mass is 16.5. The minimum atomic E-state index is -0.678. The number of aliphatic hydroxyl groups excluding tert-OH is 1. The lowest BCUT2D eigenvalue weighted by molar-refractivity contribution is -0.126. The van der Waals surface area contributed by atoms with Crippen molar-refractivity contribution in [3.63, 3.8) is 0 Å². The molecular formula is C18H17NO3. The second-order valence-electron chi connectivity index (χ2n) is 5.11. The van der Waals surface area contributed by atoms with Crippen molar-refractivity contribution in [3.05, 3.63) is 72.3 Å². The molecule has 1 N–H and O–H groups in total. The Morgan fingerprint density at radius 2 is 2.00 bits per heavy atom. The molecule has 1 aliphatic rings. The van der Waals surface area contributed by atoms with Gasteiger partial charge in [-0.25, -0.2) is 0 Å². The van der Waals surface area contributed by atoms with Crippen molar-refractivity contribution < 1.29 is 14.6 Å². The van der Waals surface area contributed by atoms with Crippen LogP contribution in [0, 0.1) is 0 Å². The van der Waals surface area contributed by atoms with Gasteiger partial charge in [-0.15, -0.1) is 6.58 Å². The van der Waals surface area contributed by atoms with Crippen LogP contribution in [0.1, 0.15) is 17.2 Å². The number of anilines is 1. The van der Waals surface area contributed by atoms with E-state index < -0.39 is 6.10 Å². The van der Waals surface area contributed by atoms with Gasteiger partial charge < -0.3 is 14.7 Å². The molecule has 1 heterocycles. The van der Waals surface area contributed by atoms with Crippen molar-refractivity contribution in [2.24, 2.45) is 0 Å². The molecular weight excluding hydrogens is 278 g/mol. The van der Waals surface area contributed by atoms with Gasteiger partial charge in [0.15, 0.2) is 0 Å². The summed E-state index contributed by atoms with van der Waals surface area (Å²) >= 11 is 0. The predicted octanol–water partition coefficient (Wildman–Crippen LogP) is 2.83. The first kappa shape index (κ1) is 14.4. The number of benzene rings is 2. The van der Waals surface area contributed by atoms with E-state index in [9.17, 15) is 9.90 Å². The second kappa shape index (κ2) is 6.03. The smallest absolute Gasteiger partial charge is 0.273 e. The Labute approximate surface area is 129 Å². The molecule has 22 heavy (non-hydrogen) atoms. The number of carbonyl (C=O) groups excluding carboxylic acids is 1. The van der Waals surface area contributed by atoms with Crippen LogP contribution < -0.4 is 9.64 Å². The van der Waals surface area contributed by atoms with Crippen LogP contribution >= 0.6 is 0 Å². The number of rotatable bonds is 4. The first-order valence-corrected chi connectivity index (χ1v) is 7.12. The molecule has 3 rings (SSSR count). The summed E-state index contributed by atoms with van der Waals surface area (Å²) in [4.78, 5) is 14.4. The van der Waals surface area contributed by atoms with E-state index in [1.807, 2.05) is 30.3 Å². The average Bonchev–Trinajstić information content (AvgIpc) is 2.57. The molecule has 4 heteroatoms. The Kier molecular flexibility index (Phi) is 3.94. The van der Waals surface area contributed by atoms with Crippen molar-refractivity contribution in [3.8, 4) is 5.75 Å². The molecule has 0 radical (unpaired) electrons. The third kappa shape index (κ3) is 2.49. The summed E-state index contributed by atoms with van der Waals surface area (Å²) in [5.74, 6) is 0.484.